The van der Waals surface area contributed by atoms with Gasteiger partial charge in [-0.1, -0.05) is 31.2 Å². The minimum atomic E-state index is -0.457. The molecule has 1 N–H and O–H groups in total. The van der Waals surface area contributed by atoms with Crippen LogP contribution in [0.25, 0.3) is 16.2 Å². The molecule has 154 valence electrons. The van der Waals surface area contributed by atoms with Crippen LogP contribution in [0, 0.1) is 6.92 Å². The normalized spacial score (nSPS) is 11.0. The molecule has 0 radical (unpaired) electrons. The standard InChI is InChI=1S/C22H21N3O3S2/c1-4-14-5-7-15(8-6-14)18-11-25-16(12-29-22(25)23-18)10-19(26)24-20-17(21(27)28-3)9-13(2)30-20/h5-9,11-12H,4,10H2,1-3H3,(H,24,26). The third kappa shape index (κ3) is 4.01. The Bertz CT molecular complexity index is 1220. The first-order valence-corrected chi connectivity index (χ1v) is 11.2. The quantitative estimate of drug-likeness (QED) is 0.431. The summed E-state index contributed by atoms with van der Waals surface area (Å²) in [6.45, 7) is 4.01. The third-order valence-corrected chi connectivity index (χ3v) is 6.65. The van der Waals surface area contributed by atoms with Gasteiger partial charge in [-0.2, -0.15) is 0 Å². The molecule has 30 heavy (non-hydrogen) atoms. The van der Waals surface area contributed by atoms with Gasteiger partial charge < -0.3 is 10.1 Å². The molecular weight excluding hydrogens is 418 g/mol. The van der Waals surface area contributed by atoms with Crippen molar-refractivity contribution in [3.05, 3.63) is 63.6 Å². The van der Waals surface area contributed by atoms with E-state index < -0.39 is 5.97 Å². The fourth-order valence-corrected chi connectivity index (χ4v) is 5.00. The zero-order chi connectivity index (χ0) is 21.3. The van der Waals surface area contributed by atoms with E-state index in [2.05, 4.69) is 36.5 Å². The summed E-state index contributed by atoms with van der Waals surface area (Å²) in [7, 11) is 1.33. The molecule has 4 aromatic rings. The molecule has 0 fully saturated rings. The summed E-state index contributed by atoms with van der Waals surface area (Å²) in [6, 6.07) is 10.1. The van der Waals surface area contributed by atoms with E-state index in [1.807, 2.05) is 22.9 Å². The summed E-state index contributed by atoms with van der Waals surface area (Å²) in [5.74, 6) is -0.648. The summed E-state index contributed by atoms with van der Waals surface area (Å²) in [5.41, 5.74) is 4.45. The maximum absolute atomic E-state index is 12.7. The molecule has 0 unspecified atom stereocenters. The van der Waals surface area contributed by atoms with E-state index in [9.17, 15) is 9.59 Å². The maximum atomic E-state index is 12.7. The highest BCUT2D eigenvalue weighted by Crippen LogP contribution is 2.29. The number of benzene rings is 1. The Morgan fingerprint density at radius 2 is 2.00 bits per heavy atom. The first-order valence-electron chi connectivity index (χ1n) is 9.52. The minimum absolute atomic E-state index is 0.183. The van der Waals surface area contributed by atoms with Gasteiger partial charge >= 0.3 is 5.97 Å². The number of hydrogen-bond donors (Lipinski definition) is 1. The van der Waals surface area contributed by atoms with Crippen LogP contribution in [0.2, 0.25) is 0 Å². The van der Waals surface area contributed by atoms with Gasteiger partial charge in [0, 0.05) is 27.7 Å². The largest absolute Gasteiger partial charge is 0.465 e. The van der Waals surface area contributed by atoms with Crippen LogP contribution in [0.1, 0.15) is 33.4 Å². The zero-order valence-electron chi connectivity index (χ0n) is 16.9. The lowest BCUT2D eigenvalue weighted by atomic mass is 10.1. The first-order chi connectivity index (χ1) is 14.5. The highest BCUT2D eigenvalue weighted by atomic mass is 32.1. The number of nitrogens with zero attached hydrogens (tertiary/aromatic N) is 2. The monoisotopic (exact) mass is 439 g/mol. The van der Waals surface area contributed by atoms with Crippen LogP contribution >= 0.6 is 22.7 Å². The lowest BCUT2D eigenvalue weighted by molar-refractivity contribution is -0.115. The van der Waals surface area contributed by atoms with Crippen molar-refractivity contribution in [1.82, 2.24) is 9.38 Å². The number of hydrogen-bond acceptors (Lipinski definition) is 6. The topological polar surface area (TPSA) is 72.7 Å². The van der Waals surface area contributed by atoms with Crippen molar-refractivity contribution in [2.45, 2.75) is 26.7 Å². The van der Waals surface area contributed by atoms with Crippen LogP contribution in [-0.4, -0.2) is 28.4 Å². The van der Waals surface area contributed by atoms with E-state index in [0.29, 0.717) is 10.6 Å². The summed E-state index contributed by atoms with van der Waals surface area (Å²) < 4.78 is 6.75. The molecule has 3 heterocycles. The summed E-state index contributed by atoms with van der Waals surface area (Å²) in [5, 5.41) is 5.30. The Morgan fingerprint density at radius 1 is 1.23 bits per heavy atom. The van der Waals surface area contributed by atoms with Gasteiger partial charge in [0.25, 0.3) is 0 Å². The molecule has 0 spiro atoms. The second kappa shape index (κ2) is 8.41. The van der Waals surface area contributed by atoms with Crippen molar-refractivity contribution in [1.29, 1.82) is 0 Å². The number of anilines is 1. The number of esters is 1. The van der Waals surface area contributed by atoms with Gasteiger partial charge in [0.05, 0.1) is 24.8 Å². The van der Waals surface area contributed by atoms with E-state index in [1.54, 1.807) is 6.07 Å². The van der Waals surface area contributed by atoms with E-state index in [1.165, 1.54) is 35.3 Å². The summed E-state index contributed by atoms with van der Waals surface area (Å²) >= 11 is 2.86. The number of ether oxygens (including phenoxy) is 1. The molecule has 3 aromatic heterocycles. The van der Waals surface area contributed by atoms with E-state index in [4.69, 9.17) is 9.72 Å². The predicted molar refractivity (Wildman–Crippen MR) is 121 cm³/mol. The number of aromatic nitrogens is 2. The number of carbonyl (C=O) groups is 2. The maximum Gasteiger partial charge on any atom is 0.340 e. The fourth-order valence-electron chi connectivity index (χ4n) is 3.21. The van der Waals surface area contributed by atoms with Crippen LogP contribution in [0.3, 0.4) is 0 Å². The molecule has 0 saturated carbocycles. The van der Waals surface area contributed by atoms with Crippen LogP contribution < -0.4 is 5.32 Å². The first kappa shape index (κ1) is 20.3. The smallest absolute Gasteiger partial charge is 0.340 e. The van der Waals surface area contributed by atoms with Crippen LogP contribution in [-0.2, 0) is 22.4 Å². The Morgan fingerprint density at radius 3 is 2.70 bits per heavy atom. The molecule has 1 aromatic carbocycles. The number of methoxy groups -OCH3 is 1. The molecule has 0 aliphatic carbocycles. The van der Waals surface area contributed by atoms with Gasteiger partial charge in [-0.25, -0.2) is 9.78 Å². The fraction of sp³-hybridized carbons (Fsp3) is 0.227. The second-order valence-electron chi connectivity index (χ2n) is 6.87. The molecule has 0 aliphatic heterocycles. The highest BCUT2D eigenvalue weighted by molar-refractivity contribution is 7.16. The highest BCUT2D eigenvalue weighted by Gasteiger charge is 2.19. The molecule has 8 heteroatoms. The number of imidazole rings is 1. The molecule has 4 rings (SSSR count). The molecule has 0 atom stereocenters. The number of fused-ring (bicyclic) bond motifs is 1. The number of nitrogens with one attached hydrogen (secondary N) is 1. The molecule has 0 aliphatic rings. The Kier molecular flexibility index (Phi) is 5.69. The molecule has 0 bridgehead atoms. The zero-order valence-corrected chi connectivity index (χ0v) is 18.5. The van der Waals surface area contributed by atoms with Crippen LogP contribution in [0.5, 0.6) is 0 Å². The lowest BCUT2D eigenvalue weighted by Gasteiger charge is -2.05. The van der Waals surface area contributed by atoms with E-state index in [0.717, 1.165) is 33.2 Å². The molecule has 1 amide bonds. The SMILES string of the molecule is CCc1ccc(-c2cn3c(CC(=O)Nc4sc(C)cc4C(=O)OC)csc3n2)cc1. The van der Waals surface area contributed by atoms with Crippen molar-refractivity contribution < 1.29 is 14.3 Å². The van der Waals surface area contributed by atoms with Crippen molar-refractivity contribution in [3.63, 3.8) is 0 Å². The Hall–Kier alpha value is -2.97. The Labute approximate surface area is 182 Å². The van der Waals surface area contributed by atoms with Gasteiger partial charge in [-0.05, 0) is 25.0 Å². The lowest BCUT2D eigenvalue weighted by Crippen LogP contribution is -2.16. The van der Waals surface area contributed by atoms with Gasteiger partial charge in [-0.15, -0.1) is 22.7 Å². The van der Waals surface area contributed by atoms with Crippen molar-refractivity contribution >= 4 is 44.5 Å². The molecular formula is C22H21N3O3S2. The number of rotatable bonds is 6. The number of thiazole rings is 1. The van der Waals surface area contributed by atoms with Crippen LogP contribution in [0.4, 0.5) is 5.00 Å². The van der Waals surface area contributed by atoms with Crippen molar-refractivity contribution in [2.24, 2.45) is 0 Å². The number of thiophene rings is 1. The third-order valence-electron chi connectivity index (χ3n) is 4.80. The van der Waals surface area contributed by atoms with Gasteiger partial charge in [0.1, 0.15) is 5.00 Å². The van der Waals surface area contributed by atoms with E-state index >= 15 is 0 Å². The van der Waals surface area contributed by atoms with Gasteiger partial charge in [0.15, 0.2) is 4.96 Å². The number of aryl methyl sites for hydroxylation is 2. The minimum Gasteiger partial charge on any atom is -0.465 e. The molecule has 0 saturated heterocycles. The van der Waals surface area contributed by atoms with Gasteiger partial charge in [-0.3, -0.25) is 9.20 Å². The van der Waals surface area contributed by atoms with E-state index in [-0.39, 0.29) is 12.3 Å². The van der Waals surface area contributed by atoms with Crippen molar-refractivity contribution in [2.75, 3.05) is 12.4 Å². The predicted octanol–water partition coefficient (Wildman–Crippen LogP) is 4.96. The summed E-state index contributed by atoms with van der Waals surface area (Å²) in [4.78, 5) is 31.0. The molecule has 6 nitrogen and oxygen atoms in total. The second-order valence-corrected chi connectivity index (χ2v) is 8.97. The van der Waals surface area contributed by atoms with Crippen molar-refractivity contribution in [3.8, 4) is 11.3 Å². The number of amides is 1. The van der Waals surface area contributed by atoms with Crippen LogP contribution in [0.15, 0.2) is 41.9 Å². The average Bonchev–Trinajstić information content (AvgIpc) is 3.43. The summed E-state index contributed by atoms with van der Waals surface area (Å²) in [6.07, 6.45) is 3.14. The average molecular weight is 440 g/mol. The Balaban J connectivity index is 1.53. The number of carbonyl (C=O) groups excluding carboxylic acids is 2. The van der Waals surface area contributed by atoms with Gasteiger partial charge in [0.2, 0.25) is 5.91 Å².